The molecule has 1 saturated heterocycles. The van der Waals surface area contributed by atoms with E-state index in [0.717, 1.165) is 24.8 Å². The number of halogens is 2. The van der Waals surface area contributed by atoms with E-state index in [9.17, 15) is 15.0 Å². The highest BCUT2D eigenvalue weighted by Gasteiger charge is 2.54. The molecule has 0 aromatic heterocycles. The predicted octanol–water partition coefficient (Wildman–Crippen LogP) is 3.63. The molecule has 1 unspecified atom stereocenters. The van der Waals surface area contributed by atoms with Crippen LogP contribution in [-0.4, -0.2) is 40.9 Å². The van der Waals surface area contributed by atoms with Gasteiger partial charge in [0.05, 0.1) is 10.0 Å². The molecule has 0 radical (unpaired) electrons. The fourth-order valence-electron chi connectivity index (χ4n) is 4.31. The molecule has 3 atom stereocenters. The van der Waals surface area contributed by atoms with E-state index in [1.165, 1.54) is 4.90 Å². The van der Waals surface area contributed by atoms with Gasteiger partial charge in [0.1, 0.15) is 0 Å². The van der Waals surface area contributed by atoms with Crippen molar-refractivity contribution in [1.29, 1.82) is 0 Å². The number of likely N-dealkylation sites (tertiary alicyclic amines) is 1. The summed E-state index contributed by atoms with van der Waals surface area (Å²) in [5.74, 6) is 0.706. The minimum absolute atomic E-state index is 0.178. The zero-order chi connectivity index (χ0) is 15.9. The van der Waals surface area contributed by atoms with Crippen molar-refractivity contribution in [3.8, 4) is 0 Å². The summed E-state index contributed by atoms with van der Waals surface area (Å²) >= 11 is 12.2. The topological polar surface area (TPSA) is 60.8 Å². The molecule has 0 spiro atoms. The van der Waals surface area contributed by atoms with Gasteiger partial charge >= 0.3 is 6.09 Å². The molecule has 4 nitrogen and oxygen atoms in total. The smallest absolute Gasteiger partial charge is 0.407 e. The maximum atomic E-state index is 11.4. The Labute approximate surface area is 139 Å². The van der Waals surface area contributed by atoms with Gasteiger partial charge in [0.25, 0.3) is 0 Å². The molecule has 2 aliphatic rings. The van der Waals surface area contributed by atoms with Gasteiger partial charge in [-0.2, -0.15) is 0 Å². The zero-order valence-electron chi connectivity index (χ0n) is 12.1. The van der Waals surface area contributed by atoms with Crippen molar-refractivity contribution in [2.45, 2.75) is 24.7 Å². The lowest BCUT2D eigenvalue weighted by Crippen LogP contribution is -2.34. The molecule has 3 rings (SSSR count). The van der Waals surface area contributed by atoms with Crippen LogP contribution in [0, 0.1) is 11.8 Å². The number of benzene rings is 1. The number of nitrogens with zero attached hydrogens (tertiary/aromatic N) is 1. The van der Waals surface area contributed by atoms with Crippen LogP contribution in [0.15, 0.2) is 18.2 Å². The van der Waals surface area contributed by atoms with Crippen LogP contribution >= 0.6 is 23.2 Å². The molecule has 0 bridgehead atoms. The summed E-state index contributed by atoms with van der Waals surface area (Å²) in [5.41, 5.74) is 0.864. The molecule has 1 saturated carbocycles. The summed E-state index contributed by atoms with van der Waals surface area (Å²) in [7, 11) is 0. The molecule has 120 valence electrons. The standard InChI is InChI=1S/C16H19Cl2NO3/c17-13-2-1-11(6-14(13)18)16-7-10(3-4-20)5-12(16)8-19(9-16)15(21)22/h1-2,6,10,12,20H,3-5,7-9H2,(H,21,22)/t10?,12-,16+/m1/s1. The van der Waals surface area contributed by atoms with Crippen molar-refractivity contribution in [2.24, 2.45) is 11.8 Å². The number of rotatable bonds is 3. The summed E-state index contributed by atoms with van der Waals surface area (Å²) in [6, 6.07) is 5.63. The zero-order valence-corrected chi connectivity index (χ0v) is 13.6. The number of carboxylic acid groups (broad SMARTS) is 1. The Kier molecular flexibility index (Phi) is 4.27. The first-order valence-electron chi connectivity index (χ1n) is 7.50. The van der Waals surface area contributed by atoms with Crippen LogP contribution in [0.5, 0.6) is 0 Å². The van der Waals surface area contributed by atoms with Crippen LogP contribution < -0.4 is 0 Å². The third-order valence-electron chi connectivity index (χ3n) is 5.27. The molecule has 1 aliphatic heterocycles. The first-order valence-corrected chi connectivity index (χ1v) is 8.26. The van der Waals surface area contributed by atoms with Gasteiger partial charge in [-0.25, -0.2) is 4.79 Å². The number of hydrogen-bond donors (Lipinski definition) is 2. The van der Waals surface area contributed by atoms with Crippen molar-refractivity contribution in [1.82, 2.24) is 4.90 Å². The lowest BCUT2D eigenvalue weighted by molar-refractivity contribution is 0.149. The average molecular weight is 344 g/mol. The quantitative estimate of drug-likeness (QED) is 0.880. The largest absolute Gasteiger partial charge is 0.465 e. The molecule has 22 heavy (non-hydrogen) atoms. The fourth-order valence-corrected chi connectivity index (χ4v) is 4.60. The lowest BCUT2D eigenvalue weighted by Gasteiger charge is -2.30. The molecule has 1 aromatic carbocycles. The van der Waals surface area contributed by atoms with Gasteiger partial charge in [0, 0.05) is 25.1 Å². The predicted molar refractivity (Wildman–Crippen MR) is 85.7 cm³/mol. The van der Waals surface area contributed by atoms with Crippen molar-refractivity contribution in [2.75, 3.05) is 19.7 Å². The third kappa shape index (κ3) is 2.57. The molecule has 6 heteroatoms. The summed E-state index contributed by atoms with van der Waals surface area (Å²) in [4.78, 5) is 12.9. The van der Waals surface area contributed by atoms with Crippen LogP contribution in [0.2, 0.25) is 10.0 Å². The van der Waals surface area contributed by atoms with E-state index in [-0.39, 0.29) is 17.9 Å². The van der Waals surface area contributed by atoms with Gasteiger partial charge in [0.2, 0.25) is 0 Å². The van der Waals surface area contributed by atoms with Crippen molar-refractivity contribution in [3.05, 3.63) is 33.8 Å². The van der Waals surface area contributed by atoms with E-state index in [1.54, 1.807) is 6.07 Å². The molecule has 1 heterocycles. The monoisotopic (exact) mass is 343 g/mol. The first-order chi connectivity index (χ1) is 10.5. The van der Waals surface area contributed by atoms with Crippen LogP contribution in [0.25, 0.3) is 0 Å². The molecule has 2 fully saturated rings. The highest BCUT2D eigenvalue weighted by Crippen LogP contribution is 2.54. The number of aliphatic hydroxyl groups excluding tert-OH is 1. The molecular formula is C16H19Cl2NO3. The van der Waals surface area contributed by atoms with E-state index in [2.05, 4.69) is 0 Å². The minimum atomic E-state index is -0.868. The van der Waals surface area contributed by atoms with E-state index in [1.807, 2.05) is 12.1 Å². The van der Waals surface area contributed by atoms with Crippen molar-refractivity contribution < 1.29 is 15.0 Å². The number of aliphatic hydroxyl groups is 1. The summed E-state index contributed by atoms with van der Waals surface area (Å²) < 4.78 is 0. The van der Waals surface area contributed by atoms with E-state index >= 15 is 0 Å². The van der Waals surface area contributed by atoms with Crippen molar-refractivity contribution >= 4 is 29.3 Å². The normalized spacial score (nSPS) is 30.6. The van der Waals surface area contributed by atoms with Gasteiger partial charge in [-0.05, 0) is 48.8 Å². The maximum Gasteiger partial charge on any atom is 0.407 e. The Balaban J connectivity index is 1.97. The second-order valence-electron chi connectivity index (χ2n) is 6.46. The van der Waals surface area contributed by atoms with E-state index in [0.29, 0.717) is 29.1 Å². The Hall–Kier alpha value is -0.970. The van der Waals surface area contributed by atoms with Gasteiger partial charge in [-0.15, -0.1) is 0 Å². The molecule has 2 N–H and O–H groups in total. The maximum absolute atomic E-state index is 11.4. The molecule has 1 amide bonds. The summed E-state index contributed by atoms with van der Waals surface area (Å²) in [6.07, 6.45) is 1.74. The average Bonchev–Trinajstić information content (AvgIpc) is 2.97. The Morgan fingerprint density at radius 1 is 1.36 bits per heavy atom. The first kappa shape index (κ1) is 15.9. The Bertz CT molecular complexity index is 595. The van der Waals surface area contributed by atoms with E-state index < -0.39 is 6.09 Å². The summed E-state index contributed by atoms with van der Waals surface area (Å²) in [6.45, 7) is 1.22. The highest BCUT2D eigenvalue weighted by molar-refractivity contribution is 6.42. The Morgan fingerprint density at radius 2 is 2.14 bits per heavy atom. The second kappa shape index (κ2) is 5.91. The fraction of sp³-hybridized carbons (Fsp3) is 0.562. The molecule has 1 aromatic rings. The van der Waals surface area contributed by atoms with Crippen LogP contribution in [0.3, 0.4) is 0 Å². The molecule has 1 aliphatic carbocycles. The number of carbonyl (C=O) groups is 1. The van der Waals surface area contributed by atoms with Gasteiger partial charge < -0.3 is 15.1 Å². The van der Waals surface area contributed by atoms with Crippen molar-refractivity contribution in [3.63, 3.8) is 0 Å². The number of hydrogen-bond acceptors (Lipinski definition) is 2. The van der Waals surface area contributed by atoms with Crippen LogP contribution in [0.1, 0.15) is 24.8 Å². The number of fused-ring (bicyclic) bond motifs is 1. The minimum Gasteiger partial charge on any atom is -0.465 e. The summed E-state index contributed by atoms with van der Waals surface area (Å²) in [5, 5.41) is 19.6. The molecular weight excluding hydrogens is 325 g/mol. The second-order valence-corrected chi connectivity index (χ2v) is 7.28. The van der Waals surface area contributed by atoms with Gasteiger partial charge in [-0.1, -0.05) is 29.3 Å². The third-order valence-corrected chi connectivity index (χ3v) is 6.01. The van der Waals surface area contributed by atoms with Crippen LogP contribution in [0.4, 0.5) is 4.79 Å². The van der Waals surface area contributed by atoms with Crippen LogP contribution in [-0.2, 0) is 5.41 Å². The number of amides is 1. The van der Waals surface area contributed by atoms with Gasteiger partial charge in [0.15, 0.2) is 0 Å². The van der Waals surface area contributed by atoms with E-state index in [4.69, 9.17) is 23.2 Å². The lowest BCUT2D eigenvalue weighted by atomic mass is 9.74. The Morgan fingerprint density at radius 3 is 2.77 bits per heavy atom. The van der Waals surface area contributed by atoms with Gasteiger partial charge in [-0.3, -0.25) is 0 Å². The SMILES string of the molecule is O=C(O)N1C[C@H]2CC(CCO)C[C@@]2(c2ccc(Cl)c(Cl)c2)C1. The highest BCUT2D eigenvalue weighted by atomic mass is 35.5.